The van der Waals surface area contributed by atoms with Crippen LogP contribution in [0, 0.1) is 17.0 Å². The number of H-pyrrole nitrogens is 1. The summed E-state index contributed by atoms with van der Waals surface area (Å²) in [6.07, 6.45) is 2.57. The van der Waals surface area contributed by atoms with Crippen molar-refractivity contribution in [2.45, 2.75) is 13.3 Å². The fourth-order valence-electron chi connectivity index (χ4n) is 2.71. The van der Waals surface area contributed by atoms with Gasteiger partial charge in [0.25, 0.3) is 11.6 Å². The van der Waals surface area contributed by atoms with Crippen LogP contribution >= 0.6 is 11.6 Å². The van der Waals surface area contributed by atoms with Crippen molar-refractivity contribution >= 4 is 34.1 Å². The number of nitro groups is 1. The molecule has 0 bridgehead atoms. The van der Waals surface area contributed by atoms with Crippen molar-refractivity contribution < 1.29 is 9.72 Å². The average molecular weight is 358 g/mol. The van der Waals surface area contributed by atoms with Gasteiger partial charge in [-0.25, -0.2) is 0 Å². The zero-order valence-corrected chi connectivity index (χ0v) is 14.3. The van der Waals surface area contributed by atoms with E-state index in [9.17, 15) is 14.9 Å². The van der Waals surface area contributed by atoms with Gasteiger partial charge in [-0.15, -0.1) is 0 Å². The molecule has 0 aliphatic rings. The number of halogens is 1. The van der Waals surface area contributed by atoms with E-state index in [2.05, 4.69) is 16.4 Å². The Balaban J connectivity index is 1.69. The number of benzene rings is 2. The third-order valence-electron chi connectivity index (χ3n) is 4.01. The maximum atomic E-state index is 12.3. The molecule has 7 heteroatoms. The lowest BCUT2D eigenvalue weighted by atomic mass is 10.1. The molecule has 6 nitrogen and oxygen atoms in total. The van der Waals surface area contributed by atoms with Gasteiger partial charge in [0.05, 0.1) is 15.5 Å². The second kappa shape index (κ2) is 6.94. The Morgan fingerprint density at radius 3 is 2.84 bits per heavy atom. The fraction of sp³-hybridized carbons (Fsp3) is 0.167. The minimum atomic E-state index is -0.554. The lowest BCUT2D eigenvalue weighted by Gasteiger charge is -2.07. The Hall–Kier alpha value is -2.86. The molecule has 0 saturated heterocycles. The molecule has 128 valence electrons. The number of carbonyl (C=O) groups is 1. The Morgan fingerprint density at radius 2 is 2.08 bits per heavy atom. The van der Waals surface area contributed by atoms with E-state index in [-0.39, 0.29) is 16.3 Å². The zero-order chi connectivity index (χ0) is 18.0. The summed E-state index contributed by atoms with van der Waals surface area (Å²) in [6, 6.07) is 9.97. The topological polar surface area (TPSA) is 88.0 Å². The number of rotatable bonds is 5. The summed E-state index contributed by atoms with van der Waals surface area (Å²) in [7, 11) is 0. The van der Waals surface area contributed by atoms with Crippen LogP contribution in [0.1, 0.15) is 21.5 Å². The average Bonchev–Trinajstić information content (AvgIpc) is 2.97. The molecule has 1 amide bonds. The van der Waals surface area contributed by atoms with Crippen molar-refractivity contribution in [3.63, 3.8) is 0 Å². The van der Waals surface area contributed by atoms with Crippen molar-refractivity contribution in [2.75, 3.05) is 6.54 Å². The zero-order valence-electron chi connectivity index (χ0n) is 13.5. The number of non-ortho nitro benzene ring substituents is 1. The largest absolute Gasteiger partial charge is 0.361 e. The summed E-state index contributed by atoms with van der Waals surface area (Å²) in [5, 5.41) is 14.9. The summed E-state index contributed by atoms with van der Waals surface area (Å²) >= 11 is 5.98. The highest BCUT2D eigenvalue weighted by molar-refractivity contribution is 6.33. The number of aryl methyl sites for hydroxylation is 1. The van der Waals surface area contributed by atoms with Gasteiger partial charge in [0.1, 0.15) is 0 Å². The van der Waals surface area contributed by atoms with Crippen LogP contribution in [0.15, 0.2) is 42.6 Å². The van der Waals surface area contributed by atoms with Crippen molar-refractivity contribution in [2.24, 2.45) is 0 Å². The minimum Gasteiger partial charge on any atom is -0.361 e. The fourth-order valence-corrected chi connectivity index (χ4v) is 2.91. The van der Waals surface area contributed by atoms with Gasteiger partial charge in [-0.1, -0.05) is 23.2 Å². The molecule has 25 heavy (non-hydrogen) atoms. The summed E-state index contributed by atoms with van der Waals surface area (Å²) in [5.74, 6) is -0.426. The summed E-state index contributed by atoms with van der Waals surface area (Å²) in [4.78, 5) is 25.7. The number of amides is 1. The molecule has 0 unspecified atom stereocenters. The molecule has 1 heterocycles. The van der Waals surface area contributed by atoms with E-state index in [4.69, 9.17) is 11.6 Å². The van der Waals surface area contributed by atoms with Gasteiger partial charge >= 0.3 is 0 Å². The molecule has 2 N–H and O–H groups in total. The molecular formula is C18H16ClN3O3. The monoisotopic (exact) mass is 357 g/mol. The van der Waals surface area contributed by atoms with Crippen LogP contribution in [0.25, 0.3) is 10.9 Å². The van der Waals surface area contributed by atoms with Crippen molar-refractivity contribution in [1.82, 2.24) is 10.3 Å². The van der Waals surface area contributed by atoms with Crippen molar-refractivity contribution in [3.05, 3.63) is 74.4 Å². The molecule has 0 atom stereocenters. The Labute approximate surface area is 149 Å². The number of fused-ring (bicyclic) bond motifs is 1. The second-order valence-electron chi connectivity index (χ2n) is 5.79. The van der Waals surface area contributed by atoms with E-state index in [0.29, 0.717) is 13.0 Å². The van der Waals surface area contributed by atoms with Crippen molar-refractivity contribution in [1.29, 1.82) is 0 Å². The van der Waals surface area contributed by atoms with Crippen LogP contribution in [-0.2, 0) is 6.42 Å². The number of aromatic nitrogens is 1. The van der Waals surface area contributed by atoms with Gasteiger partial charge in [-0.05, 0) is 37.1 Å². The number of hydrogen-bond donors (Lipinski definition) is 2. The van der Waals surface area contributed by atoms with Crippen LogP contribution < -0.4 is 5.32 Å². The van der Waals surface area contributed by atoms with Crippen molar-refractivity contribution in [3.8, 4) is 0 Å². The maximum absolute atomic E-state index is 12.3. The third-order valence-corrected chi connectivity index (χ3v) is 4.34. The smallest absolute Gasteiger partial charge is 0.270 e. The quantitative estimate of drug-likeness (QED) is 0.534. The minimum absolute atomic E-state index is 0.102. The molecule has 0 aliphatic heterocycles. The number of nitrogens with one attached hydrogen (secondary N) is 2. The first kappa shape index (κ1) is 17.0. The van der Waals surface area contributed by atoms with E-state index >= 15 is 0 Å². The molecule has 0 fully saturated rings. The summed E-state index contributed by atoms with van der Waals surface area (Å²) in [6.45, 7) is 2.43. The first-order chi connectivity index (χ1) is 12.0. The number of carbonyl (C=O) groups excluding carboxylic acids is 1. The van der Waals surface area contributed by atoms with E-state index in [1.54, 1.807) is 0 Å². The summed E-state index contributed by atoms with van der Waals surface area (Å²) in [5.41, 5.74) is 3.26. The van der Waals surface area contributed by atoms with Gasteiger partial charge in [0.2, 0.25) is 0 Å². The lowest BCUT2D eigenvalue weighted by molar-refractivity contribution is -0.384. The first-order valence-corrected chi connectivity index (χ1v) is 8.12. The molecule has 3 aromatic rings. The van der Waals surface area contributed by atoms with Crippen LogP contribution in [0.5, 0.6) is 0 Å². The Bertz CT molecular complexity index is 965. The Morgan fingerprint density at radius 1 is 1.28 bits per heavy atom. The van der Waals surface area contributed by atoms with Gasteiger partial charge in [-0.2, -0.15) is 0 Å². The molecule has 3 rings (SSSR count). The molecule has 0 aliphatic carbocycles. The predicted octanol–water partition coefficient (Wildman–Crippen LogP) is 4.01. The highest BCUT2D eigenvalue weighted by atomic mass is 35.5. The highest BCUT2D eigenvalue weighted by Gasteiger charge is 2.15. The normalized spacial score (nSPS) is 10.8. The molecule has 1 aromatic heterocycles. The highest BCUT2D eigenvalue weighted by Crippen LogP contribution is 2.22. The summed E-state index contributed by atoms with van der Waals surface area (Å²) < 4.78 is 0. The van der Waals surface area contributed by atoms with E-state index in [0.717, 1.165) is 16.5 Å². The SMILES string of the molecule is Cc1ccc2[nH]cc(CCNC(=O)c3cc([N+](=O)[O-])ccc3Cl)c2c1. The first-order valence-electron chi connectivity index (χ1n) is 7.74. The molecule has 0 spiro atoms. The molecular weight excluding hydrogens is 342 g/mol. The maximum Gasteiger partial charge on any atom is 0.270 e. The molecule has 0 saturated carbocycles. The van der Waals surface area contributed by atoms with Gasteiger partial charge < -0.3 is 10.3 Å². The molecule has 2 aromatic carbocycles. The lowest BCUT2D eigenvalue weighted by Crippen LogP contribution is -2.26. The van der Waals surface area contributed by atoms with E-state index in [1.165, 1.54) is 23.8 Å². The van der Waals surface area contributed by atoms with Gasteiger partial charge in [0.15, 0.2) is 0 Å². The van der Waals surface area contributed by atoms with Gasteiger partial charge in [0, 0.05) is 35.8 Å². The molecule has 0 radical (unpaired) electrons. The predicted molar refractivity (Wildman–Crippen MR) is 97.2 cm³/mol. The number of hydrogen-bond acceptors (Lipinski definition) is 3. The third kappa shape index (κ3) is 3.64. The second-order valence-corrected chi connectivity index (χ2v) is 6.20. The van der Waals surface area contributed by atoms with E-state index < -0.39 is 10.8 Å². The van der Waals surface area contributed by atoms with Crippen LogP contribution in [0.4, 0.5) is 5.69 Å². The number of nitro benzene ring substituents is 1. The number of aromatic amines is 1. The Kier molecular flexibility index (Phi) is 4.72. The van der Waals surface area contributed by atoms with E-state index in [1.807, 2.05) is 25.3 Å². The van der Waals surface area contributed by atoms with Gasteiger partial charge in [-0.3, -0.25) is 14.9 Å². The standard InChI is InChI=1S/C18H16ClN3O3/c1-11-2-5-17-14(8-11)12(10-21-17)6-7-20-18(23)15-9-13(22(24)25)3-4-16(15)19/h2-5,8-10,21H,6-7H2,1H3,(H,20,23). The van der Waals surface area contributed by atoms with Crippen LogP contribution in [0.3, 0.4) is 0 Å². The van der Waals surface area contributed by atoms with Crippen LogP contribution in [0.2, 0.25) is 5.02 Å². The number of nitrogens with zero attached hydrogens (tertiary/aromatic N) is 1. The van der Waals surface area contributed by atoms with Crippen LogP contribution in [-0.4, -0.2) is 22.4 Å².